The minimum atomic E-state index is -0.394. The Balaban J connectivity index is 1.85. The monoisotopic (exact) mass is 441 g/mol. The lowest BCUT2D eigenvalue weighted by Gasteiger charge is -2.13. The van der Waals surface area contributed by atoms with Crippen molar-refractivity contribution in [3.8, 4) is 17.6 Å². The summed E-state index contributed by atoms with van der Waals surface area (Å²) < 4.78 is 25.1. The number of halogens is 3. The van der Waals surface area contributed by atoms with Gasteiger partial charge in [-0.05, 0) is 66.1 Å². The minimum absolute atomic E-state index is 0.291. The second-order valence-electron chi connectivity index (χ2n) is 6.36. The van der Waals surface area contributed by atoms with Gasteiger partial charge in [-0.25, -0.2) is 4.39 Å². The van der Waals surface area contributed by atoms with E-state index in [0.717, 1.165) is 11.1 Å². The van der Waals surface area contributed by atoms with Crippen molar-refractivity contribution in [1.82, 2.24) is 0 Å². The Morgan fingerprint density at radius 3 is 2.53 bits per heavy atom. The maximum absolute atomic E-state index is 13.5. The van der Waals surface area contributed by atoms with Gasteiger partial charge in [0.15, 0.2) is 11.5 Å². The van der Waals surface area contributed by atoms with E-state index in [1.165, 1.54) is 12.1 Å². The maximum atomic E-state index is 13.5. The minimum Gasteiger partial charge on any atom is -0.490 e. The summed E-state index contributed by atoms with van der Waals surface area (Å²) in [4.78, 5) is 0. The van der Waals surface area contributed by atoms with Gasteiger partial charge in [0.25, 0.3) is 0 Å². The molecule has 0 spiro atoms. The van der Waals surface area contributed by atoms with Crippen LogP contribution in [-0.2, 0) is 6.61 Å². The molecule has 0 aliphatic heterocycles. The number of ether oxygens (including phenoxy) is 2. The highest BCUT2D eigenvalue weighted by Gasteiger charge is 2.09. The summed E-state index contributed by atoms with van der Waals surface area (Å²) in [5, 5.41) is 10.4. The smallest absolute Gasteiger partial charge is 0.161 e. The van der Waals surface area contributed by atoms with E-state index in [0.29, 0.717) is 45.9 Å². The first-order chi connectivity index (χ1) is 14.5. The van der Waals surface area contributed by atoms with Gasteiger partial charge in [0.1, 0.15) is 12.4 Å². The molecule has 3 rings (SSSR count). The fraction of sp³-hybridized carbons (Fsp3) is 0.125. The summed E-state index contributed by atoms with van der Waals surface area (Å²) in [6.45, 7) is 2.61. The molecular formula is C24H18Cl2FNO2. The number of allylic oxidation sites excluding steroid dienone is 1. The lowest BCUT2D eigenvalue weighted by molar-refractivity contribution is 0.269. The summed E-state index contributed by atoms with van der Waals surface area (Å²) in [5.74, 6) is 0.710. The molecule has 0 amide bonds. The van der Waals surface area contributed by atoms with Crippen LogP contribution >= 0.6 is 23.2 Å². The Hall–Kier alpha value is -3.00. The fourth-order valence-corrected chi connectivity index (χ4v) is 3.12. The maximum Gasteiger partial charge on any atom is 0.161 e. The summed E-state index contributed by atoms with van der Waals surface area (Å²) in [6.07, 6.45) is 1.68. The van der Waals surface area contributed by atoms with E-state index >= 15 is 0 Å². The Morgan fingerprint density at radius 2 is 1.83 bits per heavy atom. The average Bonchev–Trinajstić information content (AvgIpc) is 2.74. The predicted octanol–water partition coefficient (Wildman–Crippen LogP) is 7.17. The highest BCUT2D eigenvalue weighted by atomic mass is 35.5. The number of hydrogen-bond acceptors (Lipinski definition) is 3. The Bertz CT molecular complexity index is 1120. The van der Waals surface area contributed by atoms with Crippen LogP contribution < -0.4 is 9.47 Å². The first kappa shape index (κ1) is 21.7. The van der Waals surface area contributed by atoms with E-state index in [1.807, 2.05) is 19.1 Å². The molecule has 3 nitrogen and oxygen atoms in total. The number of rotatable bonds is 7. The van der Waals surface area contributed by atoms with E-state index in [-0.39, 0.29) is 0 Å². The van der Waals surface area contributed by atoms with Crippen LogP contribution in [0.3, 0.4) is 0 Å². The Kier molecular flexibility index (Phi) is 7.35. The van der Waals surface area contributed by atoms with E-state index < -0.39 is 5.82 Å². The van der Waals surface area contributed by atoms with Gasteiger partial charge in [0.2, 0.25) is 0 Å². The van der Waals surface area contributed by atoms with Gasteiger partial charge in [-0.2, -0.15) is 5.26 Å². The van der Waals surface area contributed by atoms with Gasteiger partial charge in [-0.15, -0.1) is 0 Å². The molecule has 30 heavy (non-hydrogen) atoms. The van der Waals surface area contributed by atoms with Crippen molar-refractivity contribution >= 4 is 34.9 Å². The quantitative estimate of drug-likeness (QED) is 0.288. The van der Waals surface area contributed by atoms with Crippen LogP contribution in [0, 0.1) is 17.1 Å². The highest BCUT2D eigenvalue weighted by Crippen LogP contribution is 2.31. The number of nitriles is 1. The summed E-state index contributed by atoms with van der Waals surface area (Å²) in [5.41, 5.74) is 2.46. The number of hydrogen-bond donors (Lipinski definition) is 0. The molecule has 0 aliphatic rings. The Labute approximate surface area is 184 Å². The second kappa shape index (κ2) is 10.2. The van der Waals surface area contributed by atoms with Gasteiger partial charge < -0.3 is 9.47 Å². The lowest BCUT2D eigenvalue weighted by Crippen LogP contribution is -2.00. The van der Waals surface area contributed by atoms with Crippen LogP contribution in [0.25, 0.3) is 11.6 Å². The molecule has 0 aliphatic carbocycles. The third-order valence-corrected chi connectivity index (χ3v) is 4.95. The van der Waals surface area contributed by atoms with Gasteiger partial charge >= 0.3 is 0 Å². The zero-order valence-electron chi connectivity index (χ0n) is 16.2. The number of benzene rings is 3. The molecule has 6 heteroatoms. The molecule has 3 aromatic rings. The van der Waals surface area contributed by atoms with Gasteiger partial charge in [-0.3, -0.25) is 0 Å². The fourth-order valence-electron chi connectivity index (χ4n) is 2.80. The zero-order chi connectivity index (χ0) is 21.5. The Morgan fingerprint density at radius 1 is 1.00 bits per heavy atom. The molecule has 152 valence electrons. The summed E-state index contributed by atoms with van der Waals surface area (Å²) >= 11 is 12.0. The first-order valence-electron chi connectivity index (χ1n) is 9.21. The molecule has 0 atom stereocenters. The van der Waals surface area contributed by atoms with Crippen molar-refractivity contribution in [3.63, 3.8) is 0 Å². The summed E-state index contributed by atoms with van der Waals surface area (Å²) in [6, 6.07) is 18.7. The van der Waals surface area contributed by atoms with Crippen molar-refractivity contribution in [1.29, 1.82) is 5.26 Å². The molecule has 0 heterocycles. The van der Waals surface area contributed by atoms with Gasteiger partial charge in [0, 0.05) is 0 Å². The molecule has 0 saturated carbocycles. The highest BCUT2D eigenvalue weighted by molar-refractivity contribution is 6.42. The topological polar surface area (TPSA) is 42.2 Å². The van der Waals surface area contributed by atoms with E-state index in [9.17, 15) is 9.65 Å². The molecule has 0 N–H and O–H groups in total. The van der Waals surface area contributed by atoms with Crippen LogP contribution in [-0.4, -0.2) is 6.61 Å². The predicted molar refractivity (Wildman–Crippen MR) is 118 cm³/mol. The van der Waals surface area contributed by atoms with Gasteiger partial charge in [-0.1, -0.05) is 47.5 Å². The van der Waals surface area contributed by atoms with Crippen molar-refractivity contribution in [2.24, 2.45) is 0 Å². The lowest BCUT2D eigenvalue weighted by atomic mass is 10.0. The van der Waals surface area contributed by atoms with Crippen molar-refractivity contribution in [2.75, 3.05) is 6.61 Å². The molecule has 0 bridgehead atoms. The van der Waals surface area contributed by atoms with Crippen LogP contribution in [0.5, 0.6) is 11.5 Å². The van der Waals surface area contributed by atoms with Crippen LogP contribution in [0.4, 0.5) is 4.39 Å². The van der Waals surface area contributed by atoms with Crippen molar-refractivity contribution in [3.05, 3.63) is 93.2 Å². The van der Waals surface area contributed by atoms with Crippen molar-refractivity contribution in [2.45, 2.75) is 13.5 Å². The van der Waals surface area contributed by atoms with Crippen LogP contribution in [0.1, 0.15) is 23.6 Å². The largest absolute Gasteiger partial charge is 0.490 e. The zero-order valence-corrected chi connectivity index (χ0v) is 17.7. The second-order valence-corrected chi connectivity index (χ2v) is 7.17. The molecule has 0 unspecified atom stereocenters. The SMILES string of the molecule is CCOc1cc(/C=C(/C#N)c2cccc(F)c2)ccc1OCc1ccc(Cl)c(Cl)c1. The van der Waals surface area contributed by atoms with E-state index in [4.69, 9.17) is 32.7 Å². The third kappa shape index (κ3) is 5.54. The average molecular weight is 442 g/mol. The standard InChI is InChI=1S/C24H18Cl2FNO2/c1-2-29-24-12-16(10-19(14-28)18-4-3-5-20(27)13-18)7-9-23(24)30-15-17-6-8-21(25)22(26)11-17/h3-13H,2,15H2,1H3/b19-10-. The molecule has 0 fully saturated rings. The van der Waals surface area contributed by atoms with E-state index in [2.05, 4.69) is 6.07 Å². The van der Waals surface area contributed by atoms with Crippen LogP contribution in [0.2, 0.25) is 10.0 Å². The molecular weight excluding hydrogens is 424 g/mol. The number of nitrogens with zero attached hydrogens (tertiary/aromatic N) is 1. The van der Waals surface area contributed by atoms with Gasteiger partial charge in [0.05, 0.1) is 28.3 Å². The van der Waals surface area contributed by atoms with Crippen molar-refractivity contribution < 1.29 is 13.9 Å². The van der Waals surface area contributed by atoms with E-state index in [1.54, 1.807) is 42.5 Å². The molecule has 0 radical (unpaired) electrons. The summed E-state index contributed by atoms with van der Waals surface area (Å²) in [7, 11) is 0. The normalized spacial score (nSPS) is 11.1. The molecule has 0 saturated heterocycles. The first-order valence-corrected chi connectivity index (χ1v) is 9.97. The molecule has 0 aromatic heterocycles. The van der Waals surface area contributed by atoms with Crippen LogP contribution in [0.15, 0.2) is 60.7 Å². The third-order valence-electron chi connectivity index (χ3n) is 4.21. The molecule has 3 aromatic carbocycles.